The van der Waals surface area contributed by atoms with Gasteiger partial charge in [-0.05, 0) is 43.6 Å². The topological polar surface area (TPSA) is 30.5 Å². The summed E-state index contributed by atoms with van der Waals surface area (Å²) in [6, 6.07) is 0.721. The molecule has 1 rings (SSSR count). The summed E-state index contributed by atoms with van der Waals surface area (Å²) in [5.41, 5.74) is 0.432. The summed E-state index contributed by atoms with van der Waals surface area (Å²) in [5.74, 6) is 0.828. The van der Waals surface area contributed by atoms with Gasteiger partial charge in [0, 0.05) is 19.8 Å². The Morgan fingerprint density at radius 1 is 1.00 bits per heavy atom. The number of hydrogen-bond acceptors (Lipinski definition) is 3. The van der Waals surface area contributed by atoms with Gasteiger partial charge in [0.25, 0.3) is 0 Å². The van der Waals surface area contributed by atoms with Crippen LogP contribution < -0.4 is 5.32 Å². The van der Waals surface area contributed by atoms with E-state index in [4.69, 9.17) is 9.47 Å². The lowest BCUT2D eigenvalue weighted by molar-refractivity contribution is 0.0683. The Morgan fingerprint density at radius 3 is 2.45 bits per heavy atom. The molecule has 1 saturated carbocycles. The molecule has 0 aliphatic heterocycles. The summed E-state index contributed by atoms with van der Waals surface area (Å²) in [5, 5.41) is 3.80. The number of unbranched alkanes of at least 4 members (excludes halogenated alkanes) is 1. The van der Waals surface area contributed by atoms with Crippen LogP contribution in [0.25, 0.3) is 0 Å². The maximum absolute atomic E-state index is 5.49. The summed E-state index contributed by atoms with van der Waals surface area (Å²) in [6.07, 6.45) is 7.90. The SMILES string of the molecule is COCCOCCCCNC1CCCCC1C(C)(C)C. The van der Waals surface area contributed by atoms with Crippen molar-refractivity contribution in [3.05, 3.63) is 0 Å². The van der Waals surface area contributed by atoms with Crippen LogP contribution in [0.2, 0.25) is 0 Å². The molecule has 2 unspecified atom stereocenters. The molecule has 0 aromatic carbocycles. The van der Waals surface area contributed by atoms with E-state index in [0.29, 0.717) is 12.0 Å². The van der Waals surface area contributed by atoms with Crippen molar-refractivity contribution in [1.82, 2.24) is 5.32 Å². The van der Waals surface area contributed by atoms with Crippen molar-refractivity contribution in [3.63, 3.8) is 0 Å². The molecule has 3 nitrogen and oxygen atoms in total. The van der Waals surface area contributed by atoms with Gasteiger partial charge in [-0.25, -0.2) is 0 Å². The zero-order valence-electron chi connectivity index (χ0n) is 14.0. The van der Waals surface area contributed by atoms with E-state index in [1.807, 2.05) is 0 Å². The highest BCUT2D eigenvalue weighted by molar-refractivity contribution is 4.88. The largest absolute Gasteiger partial charge is 0.382 e. The van der Waals surface area contributed by atoms with E-state index >= 15 is 0 Å². The lowest BCUT2D eigenvalue weighted by Crippen LogP contribution is -2.44. The van der Waals surface area contributed by atoms with Gasteiger partial charge in [-0.2, -0.15) is 0 Å². The summed E-state index contributed by atoms with van der Waals surface area (Å²) in [6.45, 7) is 10.6. The smallest absolute Gasteiger partial charge is 0.0700 e. The molecular weight excluding hydrogens is 250 g/mol. The van der Waals surface area contributed by atoms with Crippen LogP contribution >= 0.6 is 0 Å². The van der Waals surface area contributed by atoms with E-state index in [0.717, 1.165) is 38.1 Å². The summed E-state index contributed by atoms with van der Waals surface area (Å²) >= 11 is 0. The molecule has 0 saturated heterocycles. The predicted octanol–water partition coefficient (Wildman–Crippen LogP) is 3.62. The fourth-order valence-electron chi connectivity index (χ4n) is 3.27. The molecule has 3 heteroatoms. The van der Waals surface area contributed by atoms with Crippen molar-refractivity contribution in [2.75, 3.05) is 33.5 Å². The van der Waals surface area contributed by atoms with Gasteiger partial charge in [-0.3, -0.25) is 0 Å². The molecule has 120 valence electrons. The first-order valence-corrected chi connectivity index (χ1v) is 8.36. The van der Waals surface area contributed by atoms with Crippen LogP contribution in [0.3, 0.4) is 0 Å². The van der Waals surface area contributed by atoms with Gasteiger partial charge < -0.3 is 14.8 Å². The van der Waals surface area contributed by atoms with Gasteiger partial charge in [0.05, 0.1) is 13.2 Å². The minimum absolute atomic E-state index is 0.432. The van der Waals surface area contributed by atoms with Gasteiger partial charge in [-0.15, -0.1) is 0 Å². The van der Waals surface area contributed by atoms with Crippen molar-refractivity contribution >= 4 is 0 Å². The number of methoxy groups -OCH3 is 1. The van der Waals surface area contributed by atoms with E-state index in [9.17, 15) is 0 Å². The molecular formula is C17H35NO2. The molecule has 0 radical (unpaired) electrons. The Kier molecular flexibility index (Phi) is 8.74. The molecule has 20 heavy (non-hydrogen) atoms. The fraction of sp³-hybridized carbons (Fsp3) is 1.00. The Bertz CT molecular complexity index is 238. The molecule has 0 aromatic rings. The fourth-order valence-corrected chi connectivity index (χ4v) is 3.27. The van der Waals surface area contributed by atoms with E-state index in [1.165, 1.54) is 32.1 Å². The van der Waals surface area contributed by atoms with Gasteiger partial charge in [0.1, 0.15) is 0 Å². The second-order valence-corrected chi connectivity index (χ2v) is 7.13. The molecule has 1 aliphatic rings. The van der Waals surface area contributed by atoms with Gasteiger partial charge in [0.2, 0.25) is 0 Å². The second kappa shape index (κ2) is 9.75. The molecule has 0 spiro atoms. The Labute approximate surface area is 125 Å². The highest BCUT2D eigenvalue weighted by Crippen LogP contribution is 2.37. The first-order chi connectivity index (χ1) is 9.55. The Hall–Kier alpha value is -0.120. The van der Waals surface area contributed by atoms with Crippen molar-refractivity contribution in [1.29, 1.82) is 0 Å². The Morgan fingerprint density at radius 2 is 1.75 bits per heavy atom. The average Bonchev–Trinajstić information content (AvgIpc) is 2.41. The maximum atomic E-state index is 5.49. The number of rotatable bonds is 9. The van der Waals surface area contributed by atoms with Crippen LogP contribution in [0.4, 0.5) is 0 Å². The average molecular weight is 285 g/mol. The van der Waals surface area contributed by atoms with Gasteiger partial charge >= 0.3 is 0 Å². The minimum atomic E-state index is 0.432. The third kappa shape index (κ3) is 7.05. The second-order valence-electron chi connectivity index (χ2n) is 7.13. The monoisotopic (exact) mass is 285 g/mol. The van der Waals surface area contributed by atoms with Crippen molar-refractivity contribution in [3.8, 4) is 0 Å². The van der Waals surface area contributed by atoms with Crippen molar-refractivity contribution in [2.24, 2.45) is 11.3 Å². The zero-order valence-corrected chi connectivity index (χ0v) is 14.0. The normalized spacial score (nSPS) is 24.0. The van der Waals surface area contributed by atoms with E-state index < -0.39 is 0 Å². The zero-order chi connectivity index (χ0) is 14.8. The number of nitrogens with one attached hydrogen (secondary N) is 1. The highest BCUT2D eigenvalue weighted by atomic mass is 16.5. The summed E-state index contributed by atoms with van der Waals surface area (Å²) in [4.78, 5) is 0. The summed E-state index contributed by atoms with van der Waals surface area (Å²) in [7, 11) is 1.71. The first-order valence-electron chi connectivity index (χ1n) is 8.36. The standard InChI is InChI=1S/C17H35NO2/c1-17(2,3)15-9-5-6-10-16(15)18-11-7-8-12-20-14-13-19-4/h15-16,18H,5-14H2,1-4H3. The molecule has 1 N–H and O–H groups in total. The van der Waals surface area contributed by atoms with Crippen LogP contribution in [0, 0.1) is 11.3 Å². The lowest BCUT2D eigenvalue weighted by Gasteiger charge is -2.41. The molecule has 1 fully saturated rings. The van der Waals surface area contributed by atoms with Crippen LogP contribution in [-0.2, 0) is 9.47 Å². The van der Waals surface area contributed by atoms with Crippen LogP contribution in [-0.4, -0.2) is 39.5 Å². The Balaban J connectivity index is 2.10. The highest BCUT2D eigenvalue weighted by Gasteiger charge is 2.33. The predicted molar refractivity (Wildman–Crippen MR) is 85.1 cm³/mol. The van der Waals surface area contributed by atoms with Crippen LogP contribution in [0.1, 0.15) is 59.3 Å². The maximum Gasteiger partial charge on any atom is 0.0700 e. The number of hydrogen-bond donors (Lipinski definition) is 1. The quantitative estimate of drug-likeness (QED) is 0.656. The molecule has 1 aliphatic carbocycles. The summed E-state index contributed by atoms with van der Waals surface area (Å²) < 4.78 is 10.4. The van der Waals surface area contributed by atoms with E-state index in [2.05, 4.69) is 26.1 Å². The molecule has 0 heterocycles. The van der Waals surface area contributed by atoms with Gasteiger partial charge in [-0.1, -0.05) is 33.6 Å². The van der Waals surface area contributed by atoms with Crippen LogP contribution in [0.15, 0.2) is 0 Å². The molecule has 0 bridgehead atoms. The van der Waals surface area contributed by atoms with Gasteiger partial charge in [0.15, 0.2) is 0 Å². The lowest BCUT2D eigenvalue weighted by atomic mass is 9.69. The third-order valence-corrected chi connectivity index (χ3v) is 4.43. The molecule has 0 amide bonds. The van der Waals surface area contributed by atoms with Crippen LogP contribution in [0.5, 0.6) is 0 Å². The van der Waals surface area contributed by atoms with E-state index in [1.54, 1.807) is 7.11 Å². The third-order valence-electron chi connectivity index (χ3n) is 4.43. The molecule has 0 aromatic heterocycles. The van der Waals surface area contributed by atoms with E-state index in [-0.39, 0.29) is 0 Å². The number of ether oxygens (including phenoxy) is 2. The van der Waals surface area contributed by atoms with Crippen molar-refractivity contribution in [2.45, 2.75) is 65.3 Å². The van der Waals surface area contributed by atoms with Crippen molar-refractivity contribution < 1.29 is 9.47 Å². The first kappa shape index (κ1) is 17.9. The minimum Gasteiger partial charge on any atom is -0.382 e. The molecule has 2 atom stereocenters.